The minimum atomic E-state index is -1.06. The van der Waals surface area contributed by atoms with Gasteiger partial charge in [0.1, 0.15) is 5.82 Å². The number of imidazole rings is 1. The lowest BCUT2D eigenvalue weighted by molar-refractivity contribution is 0.0688. The summed E-state index contributed by atoms with van der Waals surface area (Å²) in [6.07, 6.45) is 1.58. The Morgan fingerprint density at radius 3 is 2.90 bits per heavy atom. The number of carboxylic acids is 1. The van der Waals surface area contributed by atoms with Gasteiger partial charge in [-0.1, -0.05) is 11.3 Å². The third kappa shape index (κ3) is 1.83. The van der Waals surface area contributed by atoms with Crippen LogP contribution in [0.4, 0.5) is 10.1 Å². The molecule has 2 heterocycles. The first-order chi connectivity index (χ1) is 9.47. The highest BCUT2D eigenvalue weighted by Gasteiger charge is 2.19. The Morgan fingerprint density at radius 1 is 1.50 bits per heavy atom. The quantitative estimate of drug-likeness (QED) is 0.711. The second-order valence-corrected chi connectivity index (χ2v) is 5.35. The Labute approximate surface area is 117 Å². The fourth-order valence-electron chi connectivity index (χ4n) is 2.07. The first-order valence-corrected chi connectivity index (χ1v) is 6.56. The first-order valence-electron chi connectivity index (χ1n) is 5.74. The summed E-state index contributed by atoms with van der Waals surface area (Å²) in [5.74, 6) is -1.50. The van der Waals surface area contributed by atoms with Crippen molar-refractivity contribution >= 4 is 28.0 Å². The van der Waals surface area contributed by atoms with E-state index in [1.807, 2.05) is 0 Å². The van der Waals surface area contributed by atoms with Crippen molar-refractivity contribution < 1.29 is 14.3 Å². The van der Waals surface area contributed by atoms with E-state index in [-0.39, 0.29) is 5.69 Å². The van der Waals surface area contributed by atoms with Gasteiger partial charge in [0.15, 0.2) is 10.7 Å². The first kappa shape index (κ1) is 12.6. The zero-order chi connectivity index (χ0) is 14.4. The van der Waals surface area contributed by atoms with Crippen molar-refractivity contribution in [3.8, 4) is 10.4 Å². The van der Waals surface area contributed by atoms with Crippen LogP contribution >= 0.6 is 11.3 Å². The van der Waals surface area contributed by atoms with E-state index < -0.39 is 11.8 Å². The fraction of sp³-hybridized carbons (Fsp3) is 0.0769. The SMILES string of the molecule is Cc1nc2sc(-c3ccc(N)cc3F)cn2c1C(=O)O. The summed E-state index contributed by atoms with van der Waals surface area (Å²) in [7, 11) is 0. The fourth-order valence-corrected chi connectivity index (χ4v) is 3.12. The number of benzene rings is 1. The summed E-state index contributed by atoms with van der Waals surface area (Å²) >= 11 is 1.23. The predicted molar refractivity (Wildman–Crippen MR) is 74.6 cm³/mol. The number of nitrogens with zero attached hydrogens (tertiary/aromatic N) is 2. The number of carboxylic acid groups (broad SMARTS) is 1. The largest absolute Gasteiger partial charge is 0.477 e. The molecule has 3 aromatic rings. The molecule has 0 amide bonds. The van der Waals surface area contributed by atoms with E-state index >= 15 is 0 Å². The summed E-state index contributed by atoms with van der Waals surface area (Å²) in [6.45, 7) is 1.63. The monoisotopic (exact) mass is 291 g/mol. The number of aryl methyl sites for hydroxylation is 1. The summed E-state index contributed by atoms with van der Waals surface area (Å²) in [6, 6.07) is 4.41. The number of nitrogen functional groups attached to an aromatic ring is 1. The molecule has 0 fully saturated rings. The van der Waals surface area contributed by atoms with Crippen LogP contribution in [0.2, 0.25) is 0 Å². The van der Waals surface area contributed by atoms with Gasteiger partial charge in [0.25, 0.3) is 0 Å². The van der Waals surface area contributed by atoms with Crippen LogP contribution in [0.15, 0.2) is 24.4 Å². The van der Waals surface area contributed by atoms with E-state index in [1.54, 1.807) is 25.3 Å². The third-order valence-electron chi connectivity index (χ3n) is 2.96. The molecule has 3 rings (SSSR count). The highest BCUT2D eigenvalue weighted by Crippen LogP contribution is 2.32. The average Bonchev–Trinajstić information content (AvgIpc) is 2.84. The molecule has 7 heteroatoms. The summed E-state index contributed by atoms with van der Waals surface area (Å²) in [4.78, 5) is 16.5. The summed E-state index contributed by atoms with van der Waals surface area (Å²) in [5, 5.41) is 9.18. The van der Waals surface area contributed by atoms with Gasteiger partial charge in [-0.05, 0) is 25.1 Å². The molecule has 0 saturated heterocycles. The van der Waals surface area contributed by atoms with Crippen molar-refractivity contribution in [2.75, 3.05) is 5.73 Å². The third-order valence-corrected chi connectivity index (χ3v) is 3.98. The standard InChI is InChI=1S/C13H10FN3O2S/c1-6-11(12(18)19)17-5-10(20-13(17)16-6)8-3-2-7(15)4-9(8)14/h2-5H,15H2,1H3,(H,18,19). The number of rotatable bonds is 2. The Hall–Kier alpha value is -2.41. The molecule has 0 unspecified atom stereocenters. The molecular formula is C13H10FN3O2S. The zero-order valence-corrected chi connectivity index (χ0v) is 11.2. The van der Waals surface area contributed by atoms with E-state index in [0.29, 0.717) is 26.8 Å². The van der Waals surface area contributed by atoms with E-state index in [9.17, 15) is 14.3 Å². The van der Waals surface area contributed by atoms with Gasteiger partial charge in [0.2, 0.25) is 0 Å². The lowest BCUT2D eigenvalue weighted by Crippen LogP contribution is -2.02. The van der Waals surface area contributed by atoms with E-state index in [1.165, 1.54) is 21.8 Å². The maximum Gasteiger partial charge on any atom is 0.354 e. The van der Waals surface area contributed by atoms with Crippen LogP contribution < -0.4 is 5.73 Å². The van der Waals surface area contributed by atoms with Gasteiger partial charge in [-0.15, -0.1) is 0 Å². The summed E-state index contributed by atoms with van der Waals surface area (Å²) in [5.41, 5.74) is 6.77. The Morgan fingerprint density at radius 2 is 2.25 bits per heavy atom. The maximum atomic E-state index is 13.9. The van der Waals surface area contributed by atoms with Crippen LogP contribution in [0.25, 0.3) is 15.4 Å². The number of carbonyl (C=O) groups is 1. The molecule has 2 aromatic heterocycles. The van der Waals surface area contributed by atoms with Crippen LogP contribution in [0.3, 0.4) is 0 Å². The number of fused-ring (bicyclic) bond motifs is 1. The minimum absolute atomic E-state index is 0.0957. The molecule has 0 spiro atoms. The van der Waals surface area contributed by atoms with Crippen molar-refractivity contribution in [3.63, 3.8) is 0 Å². The van der Waals surface area contributed by atoms with Crippen LogP contribution in [0.5, 0.6) is 0 Å². The molecule has 0 aliphatic rings. The van der Waals surface area contributed by atoms with Crippen LogP contribution in [-0.4, -0.2) is 20.5 Å². The second-order valence-electron chi connectivity index (χ2n) is 4.34. The molecule has 0 aliphatic heterocycles. The van der Waals surface area contributed by atoms with Gasteiger partial charge in [-0.25, -0.2) is 14.2 Å². The normalized spacial score (nSPS) is 11.1. The molecule has 0 saturated carbocycles. The van der Waals surface area contributed by atoms with Crippen LogP contribution in [0.1, 0.15) is 16.2 Å². The van der Waals surface area contributed by atoms with Gasteiger partial charge in [0, 0.05) is 17.4 Å². The van der Waals surface area contributed by atoms with Crippen molar-refractivity contribution in [3.05, 3.63) is 41.6 Å². The Kier molecular flexibility index (Phi) is 2.72. The number of hydrogen-bond acceptors (Lipinski definition) is 4. The van der Waals surface area contributed by atoms with Crippen molar-refractivity contribution in [1.82, 2.24) is 9.38 Å². The molecule has 0 aliphatic carbocycles. The lowest BCUT2D eigenvalue weighted by atomic mass is 10.2. The number of aromatic nitrogens is 2. The van der Waals surface area contributed by atoms with Crippen molar-refractivity contribution in [2.24, 2.45) is 0 Å². The molecule has 0 radical (unpaired) electrons. The highest BCUT2D eigenvalue weighted by atomic mass is 32.1. The molecule has 3 N–H and O–H groups in total. The average molecular weight is 291 g/mol. The number of nitrogens with two attached hydrogens (primary N) is 1. The van der Waals surface area contributed by atoms with Gasteiger partial charge in [-0.3, -0.25) is 4.40 Å². The van der Waals surface area contributed by atoms with Crippen LogP contribution in [0, 0.1) is 12.7 Å². The van der Waals surface area contributed by atoms with Crippen molar-refractivity contribution in [2.45, 2.75) is 6.92 Å². The smallest absolute Gasteiger partial charge is 0.354 e. The Balaban J connectivity index is 2.21. The maximum absolute atomic E-state index is 13.9. The van der Waals surface area contributed by atoms with Gasteiger partial charge in [0.05, 0.1) is 10.6 Å². The molecular weight excluding hydrogens is 281 g/mol. The van der Waals surface area contributed by atoms with Crippen molar-refractivity contribution in [1.29, 1.82) is 0 Å². The number of aromatic carboxylic acids is 1. The molecule has 1 aromatic carbocycles. The molecule has 0 atom stereocenters. The van der Waals surface area contributed by atoms with E-state index in [4.69, 9.17) is 5.73 Å². The molecule has 20 heavy (non-hydrogen) atoms. The molecule has 5 nitrogen and oxygen atoms in total. The lowest BCUT2D eigenvalue weighted by Gasteiger charge is -2.00. The number of hydrogen-bond donors (Lipinski definition) is 2. The minimum Gasteiger partial charge on any atom is -0.477 e. The zero-order valence-electron chi connectivity index (χ0n) is 10.4. The number of thiazole rings is 1. The topological polar surface area (TPSA) is 80.6 Å². The summed E-state index contributed by atoms with van der Waals surface area (Å²) < 4.78 is 15.4. The van der Waals surface area contributed by atoms with Gasteiger partial charge >= 0.3 is 5.97 Å². The van der Waals surface area contributed by atoms with Gasteiger partial charge in [-0.2, -0.15) is 0 Å². The van der Waals surface area contributed by atoms with Gasteiger partial charge < -0.3 is 10.8 Å². The highest BCUT2D eigenvalue weighted by molar-refractivity contribution is 7.20. The predicted octanol–water partition coefficient (Wildman–Crippen LogP) is 2.79. The number of anilines is 1. The number of halogens is 1. The van der Waals surface area contributed by atoms with Crippen LogP contribution in [-0.2, 0) is 0 Å². The molecule has 0 bridgehead atoms. The molecule has 102 valence electrons. The van der Waals surface area contributed by atoms with E-state index in [0.717, 1.165) is 0 Å². The second kappa shape index (κ2) is 4.31. The van der Waals surface area contributed by atoms with E-state index in [2.05, 4.69) is 4.98 Å². The Bertz CT molecular complexity index is 838.